The van der Waals surface area contributed by atoms with Gasteiger partial charge in [-0.1, -0.05) is 11.8 Å². The molecule has 0 bridgehead atoms. The molecule has 180 valence electrons. The fraction of sp³-hybridized carbons (Fsp3) is 0.647. The molecule has 2 rings (SSSR count). The van der Waals surface area contributed by atoms with E-state index in [0.717, 1.165) is 4.57 Å². The number of aromatic nitrogens is 4. The van der Waals surface area contributed by atoms with E-state index in [0.29, 0.717) is 24.0 Å². The number of amides is 1. The van der Waals surface area contributed by atoms with Gasteiger partial charge in [0.05, 0.1) is 19.0 Å². The molecule has 0 aliphatic carbocycles. The van der Waals surface area contributed by atoms with Crippen molar-refractivity contribution in [1.29, 1.82) is 0 Å². The predicted molar refractivity (Wildman–Crippen MR) is 119 cm³/mol. The number of ether oxygens (including phenoxy) is 1. The molecule has 32 heavy (non-hydrogen) atoms. The van der Waals surface area contributed by atoms with Gasteiger partial charge in [-0.25, -0.2) is 18.2 Å². The Labute approximate surface area is 188 Å². The number of imidazole rings is 1. The summed E-state index contributed by atoms with van der Waals surface area (Å²) < 4.78 is 34.9. The molecule has 13 nitrogen and oxygen atoms in total. The first-order chi connectivity index (χ1) is 15.1. The van der Waals surface area contributed by atoms with Crippen LogP contribution in [0.1, 0.15) is 6.42 Å². The van der Waals surface area contributed by atoms with Crippen molar-refractivity contribution in [2.45, 2.75) is 18.1 Å². The van der Waals surface area contributed by atoms with Gasteiger partial charge < -0.3 is 19.7 Å². The summed E-state index contributed by atoms with van der Waals surface area (Å²) in [6.07, 6.45) is -0.0988. The summed E-state index contributed by atoms with van der Waals surface area (Å²) in [6, 6.07) is 0. The highest BCUT2D eigenvalue weighted by molar-refractivity contribution is 7.99. The van der Waals surface area contributed by atoms with Crippen LogP contribution in [0.15, 0.2) is 14.7 Å². The van der Waals surface area contributed by atoms with Gasteiger partial charge in [-0.15, -0.1) is 0 Å². The number of hydrogen-bond donors (Lipinski definition) is 3. The van der Waals surface area contributed by atoms with Crippen molar-refractivity contribution in [3.63, 3.8) is 0 Å². The van der Waals surface area contributed by atoms with Gasteiger partial charge in [0.2, 0.25) is 15.9 Å². The average Bonchev–Trinajstić information content (AvgIpc) is 3.10. The summed E-state index contributed by atoms with van der Waals surface area (Å²) in [7, 11) is 0.641. The standard InChI is InChI=1S/C17H28N6O7S2/c1-21-14-13(15(26)22(2)17(21)27)19-16(23(14)7-9-30-3)31-10-4-12(25)20-32(28,29)11-6-18-5-8-24/h18,24H,4-11H2,1-3H3,(H,20,25). The molecular formula is C17H28N6O7S2. The molecule has 0 unspecified atom stereocenters. The first-order valence-corrected chi connectivity index (χ1v) is 12.4. The highest BCUT2D eigenvalue weighted by Crippen LogP contribution is 2.22. The third kappa shape index (κ3) is 6.41. The van der Waals surface area contributed by atoms with Crippen LogP contribution in [0.5, 0.6) is 0 Å². The highest BCUT2D eigenvalue weighted by Gasteiger charge is 2.20. The fourth-order valence-corrected chi connectivity index (χ4v) is 4.81. The second-order valence-corrected chi connectivity index (χ2v) is 9.74. The van der Waals surface area contributed by atoms with Crippen molar-refractivity contribution in [3.8, 4) is 0 Å². The quantitative estimate of drug-likeness (QED) is 0.202. The zero-order valence-electron chi connectivity index (χ0n) is 18.2. The number of methoxy groups -OCH3 is 1. The van der Waals surface area contributed by atoms with Crippen LogP contribution in [0, 0.1) is 0 Å². The summed E-state index contributed by atoms with van der Waals surface area (Å²) in [4.78, 5) is 41.2. The van der Waals surface area contributed by atoms with Crippen LogP contribution in [0.4, 0.5) is 0 Å². The Balaban J connectivity index is 2.12. The summed E-state index contributed by atoms with van der Waals surface area (Å²) in [5.41, 5.74) is -0.550. The van der Waals surface area contributed by atoms with Crippen LogP contribution in [0.2, 0.25) is 0 Å². The van der Waals surface area contributed by atoms with Gasteiger partial charge in [0, 0.05) is 53.0 Å². The number of nitrogens with zero attached hydrogens (tertiary/aromatic N) is 4. The SMILES string of the molecule is COCCn1c(SCCC(=O)NS(=O)(=O)CCNCCO)nc2c(=O)n(C)c(=O)n(C)c21. The molecule has 0 atom stereocenters. The van der Waals surface area contributed by atoms with Crippen LogP contribution >= 0.6 is 11.8 Å². The van der Waals surface area contributed by atoms with Crippen molar-refractivity contribution >= 4 is 38.9 Å². The molecule has 0 saturated heterocycles. The molecule has 1 amide bonds. The molecule has 0 aliphatic rings. The Kier molecular flexibility index (Phi) is 9.45. The lowest BCUT2D eigenvalue weighted by Gasteiger charge is -2.11. The number of rotatable bonds is 13. The Hall–Kier alpha value is -2.20. The molecule has 3 N–H and O–H groups in total. The Bertz CT molecular complexity index is 1170. The normalized spacial score (nSPS) is 11.9. The smallest absolute Gasteiger partial charge is 0.332 e. The van der Waals surface area contributed by atoms with Gasteiger partial charge in [0.1, 0.15) is 0 Å². The number of fused-ring (bicyclic) bond motifs is 1. The minimum absolute atomic E-state index is 0.0988. The summed E-state index contributed by atoms with van der Waals surface area (Å²) in [5.74, 6) is -0.757. The zero-order valence-corrected chi connectivity index (χ0v) is 19.8. The number of carbonyl (C=O) groups excluding carboxylic acids is 1. The number of aryl methyl sites for hydroxylation is 1. The monoisotopic (exact) mass is 492 g/mol. The van der Waals surface area contributed by atoms with Gasteiger partial charge in [0.15, 0.2) is 16.3 Å². The van der Waals surface area contributed by atoms with E-state index in [1.807, 2.05) is 4.72 Å². The largest absolute Gasteiger partial charge is 0.395 e. The fourth-order valence-electron chi connectivity index (χ4n) is 2.88. The third-order valence-corrected chi connectivity index (χ3v) is 6.75. The van der Waals surface area contributed by atoms with Crippen molar-refractivity contribution in [3.05, 3.63) is 20.8 Å². The number of sulfonamides is 1. The molecule has 2 heterocycles. The maximum Gasteiger partial charge on any atom is 0.332 e. The summed E-state index contributed by atoms with van der Waals surface area (Å²) in [6.45, 7) is 0.899. The van der Waals surface area contributed by atoms with E-state index in [9.17, 15) is 22.8 Å². The van der Waals surface area contributed by atoms with Gasteiger partial charge in [-0.05, 0) is 0 Å². The van der Waals surface area contributed by atoms with Gasteiger partial charge in [0.25, 0.3) is 5.56 Å². The molecule has 0 radical (unpaired) electrons. The van der Waals surface area contributed by atoms with Crippen LogP contribution in [0.3, 0.4) is 0 Å². The van der Waals surface area contributed by atoms with E-state index in [4.69, 9.17) is 9.84 Å². The van der Waals surface area contributed by atoms with E-state index in [1.165, 1.54) is 37.5 Å². The molecule has 0 aliphatic heterocycles. The van der Waals surface area contributed by atoms with Crippen molar-refractivity contribution in [2.24, 2.45) is 14.1 Å². The molecule has 2 aromatic rings. The lowest BCUT2D eigenvalue weighted by Crippen LogP contribution is -2.37. The van der Waals surface area contributed by atoms with Crippen LogP contribution in [-0.2, 0) is 40.2 Å². The molecule has 2 aromatic heterocycles. The Morgan fingerprint density at radius 1 is 1.22 bits per heavy atom. The van der Waals surface area contributed by atoms with Gasteiger partial charge >= 0.3 is 5.69 Å². The summed E-state index contributed by atoms with van der Waals surface area (Å²) >= 11 is 1.17. The molecular weight excluding hydrogens is 464 g/mol. The Morgan fingerprint density at radius 2 is 1.94 bits per heavy atom. The second kappa shape index (κ2) is 11.6. The molecule has 0 fully saturated rings. The number of aliphatic hydroxyl groups excluding tert-OH is 1. The molecule has 0 spiro atoms. The number of carbonyl (C=O) groups is 1. The highest BCUT2D eigenvalue weighted by atomic mass is 32.2. The van der Waals surface area contributed by atoms with Crippen molar-refractivity contribution in [2.75, 3.05) is 44.9 Å². The number of hydrogen-bond acceptors (Lipinski definition) is 10. The van der Waals surface area contributed by atoms with Crippen molar-refractivity contribution in [1.82, 2.24) is 28.7 Å². The summed E-state index contributed by atoms with van der Waals surface area (Å²) in [5, 5.41) is 11.8. The van der Waals surface area contributed by atoms with E-state index < -0.39 is 27.2 Å². The predicted octanol–water partition coefficient (Wildman–Crippen LogP) is -2.41. The molecule has 0 saturated carbocycles. The van der Waals surface area contributed by atoms with E-state index in [1.54, 1.807) is 4.57 Å². The number of thioether (sulfide) groups is 1. The number of nitrogens with one attached hydrogen (secondary N) is 2. The first-order valence-electron chi connectivity index (χ1n) is 9.75. The Morgan fingerprint density at radius 3 is 2.59 bits per heavy atom. The minimum Gasteiger partial charge on any atom is -0.395 e. The average molecular weight is 493 g/mol. The first kappa shape index (κ1) is 26.1. The lowest BCUT2D eigenvalue weighted by molar-refractivity contribution is -0.118. The second-order valence-electron chi connectivity index (χ2n) is 6.83. The van der Waals surface area contributed by atoms with Crippen LogP contribution in [0.25, 0.3) is 11.2 Å². The third-order valence-electron chi connectivity index (χ3n) is 4.49. The molecule has 0 aromatic carbocycles. The maximum absolute atomic E-state index is 12.5. The van der Waals surface area contributed by atoms with Crippen molar-refractivity contribution < 1.29 is 23.1 Å². The van der Waals surface area contributed by atoms with Crippen LogP contribution < -0.4 is 21.3 Å². The topological polar surface area (TPSA) is 167 Å². The number of aliphatic hydroxyl groups is 1. The molecule has 15 heteroatoms. The van der Waals surface area contributed by atoms with E-state index in [2.05, 4.69) is 10.3 Å². The van der Waals surface area contributed by atoms with E-state index in [-0.39, 0.29) is 43.1 Å². The van der Waals surface area contributed by atoms with Gasteiger partial charge in [-0.3, -0.25) is 23.4 Å². The van der Waals surface area contributed by atoms with Gasteiger partial charge in [-0.2, -0.15) is 0 Å². The lowest BCUT2D eigenvalue weighted by atomic mass is 10.5. The maximum atomic E-state index is 12.5. The van der Waals surface area contributed by atoms with Crippen LogP contribution in [-0.4, -0.2) is 83.0 Å². The zero-order chi connectivity index (χ0) is 23.9. The van der Waals surface area contributed by atoms with E-state index >= 15 is 0 Å². The minimum atomic E-state index is -3.79.